The zero-order valence-corrected chi connectivity index (χ0v) is 16.0. The Morgan fingerprint density at radius 1 is 1.13 bits per heavy atom. The molecule has 0 saturated heterocycles. The Labute approximate surface area is 171 Å². The van der Waals surface area contributed by atoms with Gasteiger partial charge in [-0.1, -0.05) is 36.0 Å². The molecule has 11 heteroatoms. The van der Waals surface area contributed by atoms with E-state index in [1.165, 1.54) is 33.9 Å². The van der Waals surface area contributed by atoms with Gasteiger partial charge in [-0.3, -0.25) is 19.5 Å². The quantitative estimate of drug-likeness (QED) is 0.262. The molecule has 30 heavy (non-hydrogen) atoms. The van der Waals surface area contributed by atoms with Gasteiger partial charge in [0.1, 0.15) is 17.4 Å². The fourth-order valence-corrected chi connectivity index (χ4v) is 3.51. The number of halogens is 2. The van der Waals surface area contributed by atoms with Crippen molar-refractivity contribution in [3.63, 3.8) is 0 Å². The second-order valence-corrected chi connectivity index (χ2v) is 7.30. The SMILES string of the molecule is O=c1c2cnn(-c3ccccc3[N+](=O)[O-])c2ncn1Cc1ccc(SC(F)F)cc1. The topological polar surface area (TPSA) is 95.8 Å². The molecule has 0 spiro atoms. The summed E-state index contributed by atoms with van der Waals surface area (Å²) in [5.74, 6) is -2.50. The Morgan fingerprint density at radius 3 is 2.57 bits per heavy atom. The molecule has 2 aromatic heterocycles. The second-order valence-electron chi connectivity index (χ2n) is 6.24. The Morgan fingerprint density at radius 2 is 1.87 bits per heavy atom. The number of benzene rings is 2. The number of aromatic nitrogens is 4. The van der Waals surface area contributed by atoms with E-state index in [0.717, 1.165) is 5.56 Å². The molecule has 0 bridgehead atoms. The molecule has 4 aromatic rings. The lowest BCUT2D eigenvalue weighted by Gasteiger charge is -2.08. The lowest BCUT2D eigenvalue weighted by Crippen LogP contribution is -2.21. The van der Waals surface area contributed by atoms with E-state index < -0.39 is 10.7 Å². The van der Waals surface area contributed by atoms with Crippen LogP contribution in [-0.4, -0.2) is 30.0 Å². The van der Waals surface area contributed by atoms with Gasteiger partial charge in [-0.2, -0.15) is 13.9 Å². The van der Waals surface area contributed by atoms with Gasteiger partial charge in [-0.15, -0.1) is 0 Å². The summed E-state index contributed by atoms with van der Waals surface area (Å²) in [6.45, 7) is 0.193. The van der Waals surface area contributed by atoms with E-state index in [-0.39, 0.29) is 34.5 Å². The van der Waals surface area contributed by atoms with Gasteiger partial charge >= 0.3 is 0 Å². The highest BCUT2D eigenvalue weighted by molar-refractivity contribution is 7.99. The molecule has 0 atom stereocenters. The highest BCUT2D eigenvalue weighted by Crippen LogP contribution is 2.26. The van der Waals surface area contributed by atoms with Crippen molar-refractivity contribution >= 4 is 28.5 Å². The van der Waals surface area contributed by atoms with Gasteiger partial charge in [0.15, 0.2) is 5.65 Å². The van der Waals surface area contributed by atoms with E-state index in [4.69, 9.17) is 0 Å². The molecule has 4 rings (SSSR count). The van der Waals surface area contributed by atoms with Crippen molar-refractivity contribution in [2.24, 2.45) is 0 Å². The maximum atomic E-state index is 12.8. The van der Waals surface area contributed by atoms with Crippen LogP contribution in [0.25, 0.3) is 16.7 Å². The average molecular weight is 429 g/mol. The van der Waals surface area contributed by atoms with Crippen LogP contribution in [0.5, 0.6) is 0 Å². The number of para-hydroxylation sites is 2. The van der Waals surface area contributed by atoms with E-state index in [9.17, 15) is 23.7 Å². The molecular formula is C19H13F2N5O3S. The lowest BCUT2D eigenvalue weighted by atomic mass is 10.2. The van der Waals surface area contributed by atoms with E-state index >= 15 is 0 Å². The monoisotopic (exact) mass is 429 g/mol. The smallest absolute Gasteiger partial charge is 0.294 e. The third-order valence-corrected chi connectivity index (χ3v) is 5.09. The minimum Gasteiger partial charge on any atom is -0.294 e. The van der Waals surface area contributed by atoms with Crippen molar-refractivity contribution in [3.05, 3.63) is 87.1 Å². The molecule has 0 fully saturated rings. The molecule has 0 aliphatic carbocycles. The number of nitro benzene ring substituents is 1. The van der Waals surface area contributed by atoms with Crippen LogP contribution in [0.3, 0.4) is 0 Å². The molecule has 2 aromatic carbocycles. The van der Waals surface area contributed by atoms with Crippen molar-refractivity contribution in [2.45, 2.75) is 17.2 Å². The summed E-state index contributed by atoms with van der Waals surface area (Å²) in [6, 6.07) is 12.5. The van der Waals surface area contributed by atoms with Crippen molar-refractivity contribution in [1.82, 2.24) is 19.3 Å². The van der Waals surface area contributed by atoms with Crippen molar-refractivity contribution < 1.29 is 13.7 Å². The van der Waals surface area contributed by atoms with Crippen LogP contribution < -0.4 is 5.56 Å². The fourth-order valence-electron chi connectivity index (χ4n) is 3.01. The van der Waals surface area contributed by atoms with Crippen LogP contribution in [-0.2, 0) is 6.54 Å². The van der Waals surface area contributed by atoms with Crippen LogP contribution in [0.2, 0.25) is 0 Å². The predicted octanol–water partition coefficient (Wildman–Crippen LogP) is 3.85. The number of rotatable bonds is 6. The third kappa shape index (κ3) is 3.79. The molecule has 0 amide bonds. The molecule has 8 nitrogen and oxygen atoms in total. The average Bonchev–Trinajstić information content (AvgIpc) is 3.16. The van der Waals surface area contributed by atoms with Crippen LogP contribution in [0, 0.1) is 10.1 Å². The zero-order valence-electron chi connectivity index (χ0n) is 15.2. The summed E-state index contributed by atoms with van der Waals surface area (Å²) < 4.78 is 27.5. The fraction of sp³-hybridized carbons (Fsp3) is 0.105. The number of hydrogen-bond acceptors (Lipinski definition) is 6. The second kappa shape index (κ2) is 8.03. The van der Waals surface area contributed by atoms with Gasteiger partial charge in [0, 0.05) is 11.0 Å². The molecule has 0 N–H and O–H groups in total. The van der Waals surface area contributed by atoms with Gasteiger partial charge < -0.3 is 0 Å². The van der Waals surface area contributed by atoms with Gasteiger partial charge in [0.05, 0.1) is 17.7 Å². The highest BCUT2D eigenvalue weighted by atomic mass is 32.2. The summed E-state index contributed by atoms with van der Waals surface area (Å²) in [6.07, 6.45) is 2.65. The first-order valence-corrected chi connectivity index (χ1v) is 9.52. The van der Waals surface area contributed by atoms with E-state index in [1.54, 1.807) is 36.4 Å². The number of hydrogen-bond donors (Lipinski definition) is 0. The van der Waals surface area contributed by atoms with Gasteiger partial charge in [-0.05, 0) is 23.8 Å². The van der Waals surface area contributed by atoms with Gasteiger partial charge in [-0.25, -0.2) is 9.67 Å². The Hall–Kier alpha value is -3.60. The Kier molecular flexibility index (Phi) is 5.27. The largest absolute Gasteiger partial charge is 0.294 e. The zero-order chi connectivity index (χ0) is 21.3. The number of nitro groups is 1. The first-order valence-electron chi connectivity index (χ1n) is 8.65. The van der Waals surface area contributed by atoms with Gasteiger partial charge in [0.2, 0.25) is 0 Å². The number of fused-ring (bicyclic) bond motifs is 1. The summed E-state index contributed by atoms with van der Waals surface area (Å²) in [5.41, 5.74) is 0.623. The molecule has 0 radical (unpaired) electrons. The lowest BCUT2D eigenvalue weighted by molar-refractivity contribution is -0.384. The van der Waals surface area contributed by atoms with Crippen molar-refractivity contribution in [1.29, 1.82) is 0 Å². The maximum Gasteiger partial charge on any atom is 0.294 e. The standard InChI is InChI=1S/C19H13F2N5O3S/c20-19(21)30-13-7-5-12(6-8-13)10-24-11-22-17-14(18(24)27)9-23-25(17)15-3-1-2-4-16(15)26(28)29/h1-9,11,19H,10H2. The van der Waals surface area contributed by atoms with Crippen LogP contribution in [0.15, 0.2) is 70.7 Å². The third-order valence-electron chi connectivity index (χ3n) is 4.36. The van der Waals surface area contributed by atoms with E-state index in [1.807, 2.05) is 0 Å². The van der Waals surface area contributed by atoms with E-state index in [2.05, 4.69) is 10.1 Å². The molecule has 2 heterocycles. The number of thioether (sulfide) groups is 1. The Balaban J connectivity index is 1.68. The molecule has 0 saturated carbocycles. The highest BCUT2D eigenvalue weighted by Gasteiger charge is 2.19. The predicted molar refractivity (Wildman–Crippen MR) is 107 cm³/mol. The first-order chi connectivity index (χ1) is 14.4. The minimum atomic E-state index is -2.50. The molecular weight excluding hydrogens is 416 g/mol. The molecule has 0 aliphatic rings. The normalized spacial score (nSPS) is 11.3. The summed E-state index contributed by atoms with van der Waals surface area (Å²) in [4.78, 5) is 28.3. The summed E-state index contributed by atoms with van der Waals surface area (Å²) in [7, 11) is 0. The minimum absolute atomic E-state index is 0.157. The Bertz CT molecular complexity index is 1290. The first kappa shape index (κ1) is 19.7. The number of nitrogens with zero attached hydrogens (tertiary/aromatic N) is 5. The summed E-state index contributed by atoms with van der Waals surface area (Å²) in [5, 5.41) is 15.6. The van der Waals surface area contributed by atoms with Crippen LogP contribution >= 0.6 is 11.8 Å². The molecule has 0 unspecified atom stereocenters. The number of alkyl halides is 2. The van der Waals surface area contributed by atoms with Crippen molar-refractivity contribution in [3.8, 4) is 5.69 Å². The molecule has 0 aliphatic heterocycles. The van der Waals surface area contributed by atoms with Gasteiger partial charge in [0.25, 0.3) is 17.0 Å². The van der Waals surface area contributed by atoms with E-state index in [0.29, 0.717) is 16.7 Å². The summed E-state index contributed by atoms with van der Waals surface area (Å²) >= 11 is 0.449. The molecule has 152 valence electrons. The van der Waals surface area contributed by atoms with Crippen LogP contribution in [0.1, 0.15) is 5.56 Å². The maximum absolute atomic E-state index is 12.8. The van der Waals surface area contributed by atoms with Crippen LogP contribution in [0.4, 0.5) is 14.5 Å². The van der Waals surface area contributed by atoms with Crippen molar-refractivity contribution in [2.75, 3.05) is 0 Å².